The summed E-state index contributed by atoms with van der Waals surface area (Å²) in [5, 5.41) is 5.89. The van der Waals surface area contributed by atoms with Gasteiger partial charge in [0.25, 0.3) is 5.91 Å². The van der Waals surface area contributed by atoms with E-state index < -0.39 is 6.10 Å². The maximum Gasteiger partial charge on any atom is 0.265 e. The topological polar surface area (TPSA) is 50.4 Å². The zero-order chi connectivity index (χ0) is 15.8. The molecule has 2 heterocycles. The lowest BCUT2D eigenvalue weighted by molar-refractivity contribution is -0.122. The van der Waals surface area contributed by atoms with Crippen LogP contribution in [0.2, 0.25) is 0 Å². The van der Waals surface area contributed by atoms with E-state index in [2.05, 4.69) is 10.6 Å². The molecule has 2 aliphatic rings. The van der Waals surface area contributed by atoms with E-state index in [4.69, 9.17) is 4.74 Å². The predicted octanol–water partition coefficient (Wildman–Crippen LogP) is 2.41. The second-order valence-corrected chi connectivity index (χ2v) is 5.90. The molecule has 1 atom stereocenters. The maximum atomic E-state index is 14.6. The Morgan fingerprint density at radius 1 is 1.22 bits per heavy atom. The molecule has 0 aromatic heterocycles. The average Bonchev–Trinajstić information content (AvgIpc) is 3.02. The first kappa shape index (κ1) is 14.2. The molecule has 118 valence electrons. The SMILES string of the molecule is O=C(Nc1ccc2c(c1F)CCNC2)C1Cc2ccccc2O1. The molecule has 0 radical (unpaired) electrons. The second-order valence-electron chi connectivity index (χ2n) is 5.90. The van der Waals surface area contributed by atoms with Crippen LogP contribution < -0.4 is 15.4 Å². The van der Waals surface area contributed by atoms with E-state index in [0.29, 0.717) is 24.9 Å². The van der Waals surface area contributed by atoms with Crippen molar-refractivity contribution in [3.63, 3.8) is 0 Å². The van der Waals surface area contributed by atoms with Crippen molar-refractivity contribution < 1.29 is 13.9 Å². The highest BCUT2D eigenvalue weighted by molar-refractivity contribution is 5.95. The summed E-state index contributed by atoms with van der Waals surface area (Å²) in [6.07, 6.45) is 0.541. The van der Waals surface area contributed by atoms with Crippen LogP contribution in [0.1, 0.15) is 16.7 Å². The van der Waals surface area contributed by atoms with Crippen LogP contribution in [-0.4, -0.2) is 18.6 Å². The molecule has 0 spiro atoms. The molecule has 0 bridgehead atoms. The molecule has 23 heavy (non-hydrogen) atoms. The summed E-state index contributed by atoms with van der Waals surface area (Å²) < 4.78 is 20.2. The summed E-state index contributed by atoms with van der Waals surface area (Å²) in [6.45, 7) is 1.42. The largest absolute Gasteiger partial charge is 0.480 e. The molecule has 5 heteroatoms. The van der Waals surface area contributed by atoms with E-state index in [9.17, 15) is 9.18 Å². The first-order chi connectivity index (χ1) is 11.2. The molecule has 4 nitrogen and oxygen atoms in total. The molecule has 2 N–H and O–H groups in total. The molecule has 2 aromatic rings. The third kappa shape index (κ3) is 2.57. The number of carbonyl (C=O) groups is 1. The summed E-state index contributed by atoms with van der Waals surface area (Å²) in [7, 11) is 0. The zero-order valence-corrected chi connectivity index (χ0v) is 12.6. The third-order valence-electron chi connectivity index (χ3n) is 4.40. The number of para-hydroxylation sites is 1. The van der Waals surface area contributed by atoms with Crippen LogP contribution in [-0.2, 0) is 24.2 Å². The number of rotatable bonds is 2. The Hall–Kier alpha value is -2.40. The van der Waals surface area contributed by atoms with Gasteiger partial charge in [0.05, 0.1) is 5.69 Å². The predicted molar refractivity (Wildman–Crippen MR) is 85.0 cm³/mol. The van der Waals surface area contributed by atoms with E-state index >= 15 is 0 Å². The van der Waals surface area contributed by atoms with E-state index in [-0.39, 0.29) is 17.4 Å². The molecule has 2 aromatic carbocycles. The Bertz CT molecular complexity index is 751. The minimum absolute atomic E-state index is 0.232. The molecule has 1 amide bonds. The fourth-order valence-corrected chi connectivity index (χ4v) is 3.17. The second kappa shape index (κ2) is 5.66. The van der Waals surface area contributed by atoms with Gasteiger partial charge < -0.3 is 15.4 Å². The van der Waals surface area contributed by atoms with Gasteiger partial charge in [-0.15, -0.1) is 0 Å². The number of hydrogen-bond acceptors (Lipinski definition) is 3. The Labute approximate surface area is 133 Å². The zero-order valence-electron chi connectivity index (χ0n) is 12.6. The van der Waals surface area contributed by atoms with Crippen LogP contribution in [0, 0.1) is 5.82 Å². The molecule has 0 fully saturated rings. The Kier molecular flexibility index (Phi) is 3.50. The first-order valence-corrected chi connectivity index (χ1v) is 7.79. The van der Waals surface area contributed by atoms with Crippen LogP contribution in [0.4, 0.5) is 10.1 Å². The van der Waals surface area contributed by atoms with Gasteiger partial charge in [-0.05, 0) is 41.8 Å². The molecular formula is C18H17FN2O2. The minimum atomic E-state index is -0.607. The van der Waals surface area contributed by atoms with Crippen molar-refractivity contribution in [2.24, 2.45) is 0 Å². The fraction of sp³-hybridized carbons (Fsp3) is 0.278. The Balaban J connectivity index is 1.52. The molecule has 0 saturated carbocycles. The summed E-state index contributed by atoms with van der Waals surface area (Å²) in [6, 6.07) is 11.1. The van der Waals surface area contributed by atoms with E-state index in [1.165, 1.54) is 0 Å². The number of anilines is 1. The van der Waals surface area contributed by atoms with Crippen LogP contribution in [0.5, 0.6) is 5.75 Å². The van der Waals surface area contributed by atoms with E-state index in [0.717, 1.165) is 23.4 Å². The maximum absolute atomic E-state index is 14.6. The van der Waals surface area contributed by atoms with Gasteiger partial charge in [0.1, 0.15) is 11.6 Å². The lowest BCUT2D eigenvalue weighted by atomic mass is 9.99. The minimum Gasteiger partial charge on any atom is -0.480 e. The number of carbonyl (C=O) groups excluding carboxylic acids is 1. The smallest absolute Gasteiger partial charge is 0.265 e. The van der Waals surface area contributed by atoms with Crippen molar-refractivity contribution in [1.29, 1.82) is 0 Å². The molecule has 4 rings (SSSR count). The third-order valence-corrected chi connectivity index (χ3v) is 4.40. The number of nitrogens with one attached hydrogen (secondary N) is 2. The van der Waals surface area contributed by atoms with Crippen LogP contribution in [0.25, 0.3) is 0 Å². The highest BCUT2D eigenvalue weighted by Crippen LogP contribution is 2.29. The van der Waals surface area contributed by atoms with Crippen molar-refractivity contribution in [2.45, 2.75) is 25.5 Å². The summed E-state index contributed by atoms with van der Waals surface area (Å²) in [4.78, 5) is 12.4. The van der Waals surface area contributed by atoms with E-state index in [1.807, 2.05) is 30.3 Å². The van der Waals surface area contributed by atoms with Crippen LogP contribution in [0.15, 0.2) is 36.4 Å². The fourth-order valence-electron chi connectivity index (χ4n) is 3.17. The molecular weight excluding hydrogens is 295 g/mol. The van der Waals surface area contributed by atoms with E-state index in [1.54, 1.807) is 6.07 Å². The van der Waals surface area contributed by atoms with Gasteiger partial charge in [-0.25, -0.2) is 4.39 Å². The normalized spacial score (nSPS) is 18.7. The van der Waals surface area contributed by atoms with Crippen LogP contribution in [0.3, 0.4) is 0 Å². The molecule has 2 aliphatic heterocycles. The first-order valence-electron chi connectivity index (χ1n) is 7.79. The van der Waals surface area contributed by atoms with Crippen LogP contribution >= 0.6 is 0 Å². The standard InChI is InChI=1S/C18H17FN2O2/c19-17-13-7-8-20-10-12(13)5-6-14(17)21-18(22)16-9-11-3-1-2-4-15(11)23-16/h1-6,16,20H,7-10H2,(H,21,22). The quantitative estimate of drug-likeness (QED) is 0.895. The molecule has 1 unspecified atom stereocenters. The molecule has 0 aliphatic carbocycles. The van der Waals surface area contributed by atoms with Crippen molar-refractivity contribution in [1.82, 2.24) is 5.32 Å². The Morgan fingerprint density at radius 3 is 2.96 bits per heavy atom. The number of hydrogen-bond donors (Lipinski definition) is 2. The number of halogens is 1. The lowest BCUT2D eigenvalue weighted by Crippen LogP contribution is -2.32. The van der Waals surface area contributed by atoms with Crippen molar-refractivity contribution >= 4 is 11.6 Å². The number of ether oxygens (including phenoxy) is 1. The average molecular weight is 312 g/mol. The van der Waals surface area contributed by atoms with Gasteiger partial charge in [-0.2, -0.15) is 0 Å². The van der Waals surface area contributed by atoms with Gasteiger partial charge >= 0.3 is 0 Å². The van der Waals surface area contributed by atoms with Gasteiger partial charge in [-0.1, -0.05) is 24.3 Å². The summed E-state index contributed by atoms with van der Waals surface area (Å²) in [5.41, 5.74) is 2.88. The number of fused-ring (bicyclic) bond motifs is 2. The lowest BCUT2D eigenvalue weighted by Gasteiger charge is -2.20. The monoisotopic (exact) mass is 312 g/mol. The van der Waals surface area contributed by atoms with Crippen molar-refractivity contribution in [3.05, 3.63) is 58.9 Å². The van der Waals surface area contributed by atoms with Gasteiger partial charge in [0.15, 0.2) is 6.10 Å². The highest BCUT2D eigenvalue weighted by atomic mass is 19.1. The van der Waals surface area contributed by atoms with Gasteiger partial charge in [0, 0.05) is 13.0 Å². The Morgan fingerprint density at radius 2 is 2.09 bits per heavy atom. The molecule has 0 saturated heterocycles. The number of benzene rings is 2. The van der Waals surface area contributed by atoms with Gasteiger partial charge in [0.2, 0.25) is 0 Å². The highest BCUT2D eigenvalue weighted by Gasteiger charge is 2.29. The van der Waals surface area contributed by atoms with Gasteiger partial charge in [-0.3, -0.25) is 4.79 Å². The number of amides is 1. The van der Waals surface area contributed by atoms with Crippen molar-refractivity contribution in [3.8, 4) is 5.75 Å². The van der Waals surface area contributed by atoms with Crippen molar-refractivity contribution in [2.75, 3.05) is 11.9 Å². The summed E-state index contributed by atoms with van der Waals surface area (Å²) in [5.74, 6) is 0.0893. The summed E-state index contributed by atoms with van der Waals surface area (Å²) >= 11 is 0.